The van der Waals surface area contributed by atoms with Gasteiger partial charge in [-0.2, -0.15) is 0 Å². The van der Waals surface area contributed by atoms with Gasteiger partial charge in [-0.15, -0.1) is 10.2 Å². The number of benzene rings is 1. The molecule has 0 saturated carbocycles. The quantitative estimate of drug-likeness (QED) is 0.618. The summed E-state index contributed by atoms with van der Waals surface area (Å²) in [5.74, 6) is 1.57. The molecule has 27 heavy (non-hydrogen) atoms. The van der Waals surface area contributed by atoms with Crippen LogP contribution in [-0.2, 0) is 28.9 Å². The first-order chi connectivity index (χ1) is 13.3. The number of carbonyl (C=O) groups is 1. The Balaban J connectivity index is 1.61. The number of aryl methyl sites for hydroxylation is 2. The average molecular weight is 389 g/mol. The minimum absolute atomic E-state index is 0.201. The largest absolute Gasteiger partial charge is 0.383 e. The summed E-state index contributed by atoms with van der Waals surface area (Å²) in [5.41, 5.74) is 1.29. The van der Waals surface area contributed by atoms with Gasteiger partial charge in [0.05, 0.1) is 12.4 Å². The van der Waals surface area contributed by atoms with Crippen LogP contribution in [0.1, 0.15) is 30.7 Å². The smallest absolute Gasteiger partial charge is 0.233 e. The lowest BCUT2D eigenvalue weighted by Crippen LogP contribution is -2.36. The first-order valence-electron chi connectivity index (χ1n) is 9.63. The highest BCUT2D eigenvalue weighted by molar-refractivity contribution is 7.99. The number of thioether (sulfide) groups is 1. The topological polar surface area (TPSA) is 60.2 Å². The van der Waals surface area contributed by atoms with E-state index in [1.54, 1.807) is 7.11 Å². The molecule has 1 aliphatic rings. The van der Waals surface area contributed by atoms with Crippen molar-refractivity contribution in [2.24, 2.45) is 0 Å². The van der Waals surface area contributed by atoms with Crippen molar-refractivity contribution < 1.29 is 9.53 Å². The second-order valence-corrected chi connectivity index (χ2v) is 7.70. The monoisotopic (exact) mass is 388 g/mol. The molecule has 7 heteroatoms. The van der Waals surface area contributed by atoms with E-state index in [4.69, 9.17) is 4.74 Å². The van der Waals surface area contributed by atoms with Gasteiger partial charge in [0.25, 0.3) is 0 Å². The Morgan fingerprint density at radius 2 is 1.89 bits per heavy atom. The number of nitrogens with zero attached hydrogens (tertiary/aromatic N) is 4. The van der Waals surface area contributed by atoms with Crippen molar-refractivity contribution in [1.29, 1.82) is 0 Å². The number of carbonyl (C=O) groups excluding carboxylic acids is 1. The normalized spacial score (nSPS) is 14.5. The Kier molecular flexibility index (Phi) is 7.71. The van der Waals surface area contributed by atoms with E-state index in [0.29, 0.717) is 18.9 Å². The van der Waals surface area contributed by atoms with E-state index in [1.807, 2.05) is 11.0 Å². The van der Waals surface area contributed by atoms with Gasteiger partial charge in [0, 0.05) is 33.2 Å². The maximum absolute atomic E-state index is 12.4. The van der Waals surface area contributed by atoms with Crippen molar-refractivity contribution in [1.82, 2.24) is 19.7 Å². The van der Waals surface area contributed by atoms with Gasteiger partial charge in [0.1, 0.15) is 5.82 Å². The fraction of sp³-hybridized carbons (Fsp3) is 0.550. The Morgan fingerprint density at radius 3 is 2.63 bits per heavy atom. The number of rotatable bonds is 9. The summed E-state index contributed by atoms with van der Waals surface area (Å²) in [6.07, 6.45) is 5.20. The third kappa shape index (κ3) is 5.81. The van der Waals surface area contributed by atoms with Gasteiger partial charge >= 0.3 is 0 Å². The van der Waals surface area contributed by atoms with Gasteiger partial charge in [-0.1, -0.05) is 42.1 Å². The van der Waals surface area contributed by atoms with Crippen LogP contribution < -0.4 is 0 Å². The second kappa shape index (κ2) is 10.5. The van der Waals surface area contributed by atoms with Crippen molar-refractivity contribution in [2.75, 3.05) is 32.6 Å². The van der Waals surface area contributed by atoms with Crippen molar-refractivity contribution >= 4 is 17.7 Å². The first kappa shape index (κ1) is 19.9. The van der Waals surface area contributed by atoms with Crippen LogP contribution in [0.3, 0.4) is 0 Å². The van der Waals surface area contributed by atoms with E-state index in [9.17, 15) is 4.79 Å². The maximum atomic E-state index is 12.4. The van der Waals surface area contributed by atoms with Crippen molar-refractivity contribution in [3.8, 4) is 0 Å². The molecule has 0 N–H and O–H groups in total. The summed E-state index contributed by atoms with van der Waals surface area (Å²) in [5, 5.41) is 9.54. The van der Waals surface area contributed by atoms with Crippen LogP contribution in [0, 0.1) is 0 Å². The van der Waals surface area contributed by atoms with Crippen LogP contribution in [0.25, 0.3) is 0 Å². The number of aromatic nitrogens is 3. The second-order valence-electron chi connectivity index (χ2n) is 6.76. The van der Waals surface area contributed by atoms with Crippen molar-refractivity contribution in [3.63, 3.8) is 0 Å². The number of likely N-dealkylation sites (tertiary alicyclic amines) is 1. The van der Waals surface area contributed by atoms with Gasteiger partial charge in [-0.3, -0.25) is 4.79 Å². The number of hydrogen-bond donors (Lipinski definition) is 0. The highest BCUT2D eigenvalue weighted by Crippen LogP contribution is 2.20. The molecule has 0 bridgehead atoms. The summed E-state index contributed by atoms with van der Waals surface area (Å²) in [6.45, 7) is 3.08. The first-order valence-corrected chi connectivity index (χ1v) is 10.6. The molecular weight excluding hydrogens is 360 g/mol. The summed E-state index contributed by atoms with van der Waals surface area (Å²) in [7, 11) is 1.70. The molecule has 1 amide bonds. The molecular formula is C20H28N4O2S. The zero-order chi connectivity index (χ0) is 18.9. The Hall–Kier alpha value is -1.86. The molecule has 1 aromatic carbocycles. The summed E-state index contributed by atoms with van der Waals surface area (Å²) < 4.78 is 7.35. The van der Waals surface area contributed by atoms with Crippen LogP contribution in [0.4, 0.5) is 0 Å². The van der Waals surface area contributed by atoms with Gasteiger partial charge in [-0.05, 0) is 31.2 Å². The van der Waals surface area contributed by atoms with Crippen molar-refractivity contribution in [3.05, 3.63) is 41.7 Å². The Bertz CT molecular complexity index is 714. The standard InChI is InChI=1S/C20H28N4O2S/c1-26-15-14-24-18(11-10-17-8-4-2-5-9-17)21-22-20(24)27-16-19(25)23-12-6-3-7-13-23/h2,4-5,8-9H,3,6-7,10-16H2,1H3. The van der Waals surface area contributed by atoms with Crippen LogP contribution >= 0.6 is 11.8 Å². The molecule has 1 fully saturated rings. The molecule has 1 saturated heterocycles. The number of piperidine rings is 1. The molecule has 1 aromatic heterocycles. The predicted octanol–water partition coefficient (Wildman–Crippen LogP) is 2.81. The average Bonchev–Trinajstić information content (AvgIpc) is 3.12. The summed E-state index contributed by atoms with van der Waals surface area (Å²) >= 11 is 1.48. The lowest BCUT2D eigenvalue weighted by atomic mass is 10.1. The molecule has 1 aliphatic heterocycles. The van der Waals surface area contributed by atoms with E-state index in [2.05, 4.69) is 39.0 Å². The van der Waals surface area contributed by atoms with Gasteiger partial charge in [0.15, 0.2) is 5.16 Å². The molecule has 146 valence electrons. The van der Waals surface area contributed by atoms with E-state index in [0.717, 1.165) is 49.8 Å². The van der Waals surface area contributed by atoms with Gasteiger partial charge in [-0.25, -0.2) is 0 Å². The van der Waals surface area contributed by atoms with Crippen LogP contribution in [0.2, 0.25) is 0 Å². The van der Waals surface area contributed by atoms with Gasteiger partial charge < -0.3 is 14.2 Å². The number of hydrogen-bond acceptors (Lipinski definition) is 5. The Morgan fingerprint density at radius 1 is 1.11 bits per heavy atom. The Labute approximate surface area is 165 Å². The third-order valence-electron chi connectivity index (χ3n) is 4.83. The molecule has 0 unspecified atom stereocenters. The zero-order valence-electron chi connectivity index (χ0n) is 16.0. The van der Waals surface area contributed by atoms with Crippen LogP contribution in [0.15, 0.2) is 35.5 Å². The van der Waals surface area contributed by atoms with Crippen LogP contribution in [-0.4, -0.2) is 58.1 Å². The fourth-order valence-corrected chi connectivity index (χ4v) is 4.17. The zero-order valence-corrected chi connectivity index (χ0v) is 16.8. The van der Waals surface area contributed by atoms with E-state index in [-0.39, 0.29) is 5.91 Å². The molecule has 0 radical (unpaired) electrons. The van der Waals surface area contributed by atoms with Crippen LogP contribution in [0.5, 0.6) is 0 Å². The van der Waals surface area contributed by atoms with E-state index < -0.39 is 0 Å². The lowest BCUT2D eigenvalue weighted by Gasteiger charge is -2.26. The van der Waals surface area contributed by atoms with E-state index >= 15 is 0 Å². The predicted molar refractivity (Wildman–Crippen MR) is 107 cm³/mol. The highest BCUT2D eigenvalue weighted by atomic mass is 32.2. The number of methoxy groups -OCH3 is 1. The fourth-order valence-electron chi connectivity index (χ4n) is 3.28. The third-order valence-corrected chi connectivity index (χ3v) is 5.78. The maximum Gasteiger partial charge on any atom is 0.233 e. The lowest BCUT2D eigenvalue weighted by molar-refractivity contribution is -0.129. The molecule has 0 spiro atoms. The molecule has 2 aromatic rings. The number of amides is 1. The van der Waals surface area contributed by atoms with Gasteiger partial charge in [0.2, 0.25) is 5.91 Å². The SMILES string of the molecule is COCCn1c(CCc2ccccc2)nnc1SCC(=O)N1CCCCC1. The summed E-state index contributed by atoms with van der Waals surface area (Å²) in [4.78, 5) is 14.4. The highest BCUT2D eigenvalue weighted by Gasteiger charge is 2.19. The minimum Gasteiger partial charge on any atom is -0.383 e. The molecule has 0 atom stereocenters. The molecule has 6 nitrogen and oxygen atoms in total. The summed E-state index contributed by atoms with van der Waals surface area (Å²) in [6, 6.07) is 10.4. The molecule has 0 aliphatic carbocycles. The molecule has 3 rings (SSSR count). The number of ether oxygens (including phenoxy) is 1. The van der Waals surface area contributed by atoms with E-state index in [1.165, 1.54) is 23.7 Å². The van der Waals surface area contributed by atoms with Crippen molar-refractivity contribution in [2.45, 2.75) is 43.8 Å². The molecule has 2 heterocycles. The minimum atomic E-state index is 0.201.